The number of nitrogens with zero attached hydrogens (tertiary/aromatic N) is 2. The number of likely N-dealkylation sites (tertiary alicyclic amines) is 1. The molecule has 5 rings (SSSR count). The second-order valence-electron chi connectivity index (χ2n) is 14.2. The van der Waals surface area contributed by atoms with E-state index in [4.69, 9.17) is 4.74 Å². The molecule has 0 aromatic heterocycles. The number of epoxide rings is 1. The fourth-order valence-electron chi connectivity index (χ4n) is 7.27. The summed E-state index contributed by atoms with van der Waals surface area (Å²) in [7, 11) is 0. The molecule has 2 aliphatic carbocycles. The van der Waals surface area contributed by atoms with Gasteiger partial charge in [-0.2, -0.15) is 18.4 Å². The first-order valence-corrected chi connectivity index (χ1v) is 15.0. The SMILES string of the molecule is CC(C)(C)[C@H](NC(=O)C(F)(F)F)C(=O)N1CC2(CCCCC2)C[C@H]1C1OC1N[C@H](C#N)C[C@@H]1CCC2(CC2)NC1=O. The Balaban J connectivity index is 1.28. The number of carbonyl (C=O) groups excluding carboxylic acids is 3. The number of rotatable bonds is 7. The van der Waals surface area contributed by atoms with E-state index in [2.05, 4.69) is 16.7 Å². The van der Waals surface area contributed by atoms with E-state index >= 15 is 0 Å². The molecule has 0 aromatic carbocycles. The standard InChI is InChI=1S/C29H42F3N5O4/c1-26(2,3)21(35-25(40)29(30,31)32)24(39)37-16-27(8-5-4-6-9-27)14-19(37)20-23(41-20)34-18(15-33)13-17-7-10-28(11-12-28)36-22(17)38/h17-21,23,34H,4-14,16H2,1-3H3,(H,35,40)(H,36,38)/t17-,18-,19-,20?,21+,23?/m0/s1. The summed E-state index contributed by atoms with van der Waals surface area (Å²) < 4.78 is 45.5. The van der Waals surface area contributed by atoms with Crippen molar-refractivity contribution in [2.75, 3.05) is 6.54 Å². The van der Waals surface area contributed by atoms with Gasteiger partial charge in [0.2, 0.25) is 11.8 Å². The van der Waals surface area contributed by atoms with E-state index in [9.17, 15) is 32.8 Å². The van der Waals surface area contributed by atoms with Crippen LogP contribution in [0.1, 0.15) is 91.4 Å². The lowest BCUT2D eigenvalue weighted by Gasteiger charge is -2.37. The third-order valence-electron chi connectivity index (χ3n) is 9.92. The van der Waals surface area contributed by atoms with Gasteiger partial charge in [-0.3, -0.25) is 19.7 Å². The van der Waals surface area contributed by atoms with Crippen molar-refractivity contribution in [3.63, 3.8) is 0 Å². The minimum absolute atomic E-state index is 0.00926. The third kappa shape index (κ3) is 6.51. The van der Waals surface area contributed by atoms with Crippen LogP contribution < -0.4 is 16.0 Å². The lowest BCUT2D eigenvalue weighted by atomic mass is 9.72. The number of nitrogens with one attached hydrogen (secondary N) is 3. The van der Waals surface area contributed by atoms with E-state index in [1.807, 2.05) is 5.32 Å². The molecule has 3 amide bonds. The fourth-order valence-corrected chi connectivity index (χ4v) is 7.27. The average molecular weight is 582 g/mol. The molecular formula is C29H42F3N5O4. The second-order valence-corrected chi connectivity index (χ2v) is 14.2. The number of ether oxygens (including phenoxy) is 1. The Kier molecular flexibility index (Phi) is 7.86. The van der Waals surface area contributed by atoms with E-state index in [1.54, 1.807) is 25.7 Å². The van der Waals surface area contributed by atoms with Crippen LogP contribution in [0, 0.1) is 28.1 Å². The van der Waals surface area contributed by atoms with E-state index in [-0.39, 0.29) is 22.8 Å². The van der Waals surface area contributed by atoms with Crippen LogP contribution >= 0.6 is 0 Å². The number of piperidine rings is 1. The molecule has 3 aliphatic heterocycles. The fraction of sp³-hybridized carbons (Fsp3) is 0.862. The van der Waals surface area contributed by atoms with Gasteiger partial charge in [-0.05, 0) is 62.2 Å². The second kappa shape index (κ2) is 10.7. The molecule has 0 aromatic rings. The molecule has 12 heteroatoms. The van der Waals surface area contributed by atoms with Crippen molar-refractivity contribution in [2.45, 2.75) is 134 Å². The normalized spacial score (nSPS) is 31.7. The Morgan fingerprint density at radius 3 is 2.39 bits per heavy atom. The molecule has 5 aliphatic rings. The van der Waals surface area contributed by atoms with Gasteiger partial charge in [0.05, 0.1) is 18.2 Å². The van der Waals surface area contributed by atoms with E-state index < -0.39 is 53.9 Å². The van der Waals surface area contributed by atoms with Gasteiger partial charge in [-0.15, -0.1) is 0 Å². The zero-order chi connectivity index (χ0) is 29.8. The molecule has 5 fully saturated rings. The Labute approximate surface area is 239 Å². The van der Waals surface area contributed by atoms with Crippen molar-refractivity contribution in [3.8, 4) is 6.07 Å². The molecule has 3 heterocycles. The molecule has 2 spiro atoms. The van der Waals surface area contributed by atoms with Gasteiger partial charge in [0.15, 0.2) is 0 Å². The first kappa shape index (κ1) is 30.1. The van der Waals surface area contributed by atoms with Crippen molar-refractivity contribution < 1.29 is 32.3 Å². The highest BCUT2D eigenvalue weighted by atomic mass is 19.4. The van der Waals surface area contributed by atoms with Crippen LogP contribution in [0.25, 0.3) is 0 Å². The van der Waals surface area contributed by atoms with Crippen LogP contribution in [0.2, 0.25) is 0 Å². The van der Waals surface area contributed by atoms with Crippen molar-refractivity contribution in [1.29, 1.82) is 5.26 Å². The molecule has 2 saturated carbocycles. The predicted octanol–water partition coefficient (Wildman–Crippen LogP) is 3.29. The maximum Gasteiger partial charge on any atom is 0.471 e. The summed E-state index contributed by atoms with van der Waals surface area (Å²) in [5.74, 6) is -2.94. The number of hydrogen-bond donors (Lipinski definition) is 3. The van der Waals surface area contributed by atoms with Gasteiger partial charge in [0, 0.05) is 18.0 Å². The summed E-state index contributed by atoms with van der Waals surface area (Å²) in [4.78, 5) is 40.1. The summed E-state index contributed by atoms with van der Waals surface area (Å²) >= 11 is 0. The summed E-state index contributed by atoms with van der Waals surface area (Å²) in [6.07, 6.45) is 3.68. The van der Waals surface area contributed by atoms with E-state index in [0.29, 0.717) is 19.4 Å². The van der Waals surface area contributed by atoms with Crippen LogP contribution in [-0.2, 0) is 19.1 Å². The molecule has 3 N–H and O–H groups in total. The van der Waals surface area contributed by atoms with Crippen molar-refractivity contribution in [2.24, 2.45) is 16.7 Å². The minimum atomic E-state index is -5.10. The highest BCUT2D eigenvalue weighted by Gasteiger charge is 2.58. The Morgan fingerprint density at radius 2 is 1.83 bits per heavy atom. The molecule has 6 atom stereocenters. The zero-order valence-corrected chi connectivity index (χ0v) is 24.1. The Bertz CT molecular complexity index is 1090. The van der Waals surface area contributed by atoms with Gasteiger partial charge in [-0.1, -0.05) is 40.0 Å². The maximum atomic E-state index is 13.9. The zero-order valence-electron chi connectivity index (χ0n) is 24.1. The topological polar surface area (TPSA) is 127 Å². The first-order chi connectivity index (χ1) is 19.2. The van der Waals surface area contributed by atoms with Crippen molar-refractivity contribution >= 4 is 17.7 Å². The number of amides is 3. The van der Waals surface area contributed by atoms with Crippen LogP contribution in [0.15, 0.2) is 0 Å². The molecule has 9 nitrogen and oxygen atoms in total. The van der Waals surface area contributed by atoms with Crippen LogP contribution in [-0.4, -0.2) is 71.3 Å². The van der Waals surface area contributed by atoms with Gasteiger partial charge in [0.1, 0.15) is 18.4 Å². The van der Waals surface area contributed by atoms with Crippen LogP contribution in [0.4, 0.5) is 13.2 Å². The number of hydrogen-bond acceptors (Lipinski definition) is 6. The summed E-state index contributed by atoms with van der Waals surface area (Å²) in [5.41, 5.74) is -1.12. The molecule has 3 saturated heterocycles. The third-order valence-corrected chi connectivity index (χ3v) is 9.92. The molecule has 228 valence electrons. The van der Waals surface area contributed by atoms with Crippen molar-refractivity contribution in [1.82, 2.24) is 20.9 Å². The Morgan fingerprint density at radius 1 is 1.15 bits per heavy atom. The predicted molar refractivity (Wildman–Crippen MR) is 142 cm³/mol. The lowest BCUT2D eigenvalue weighted by molar-refractivity contribution is -0.176. The smallest absolute Gasteiger partial charge is 0.351 e. The van der Waals surface area contributed by atoms with Gasteiger partial charge in [-0.25, -0.2) is 0 Å². The van der Waals surface area contributed by atoms with Gasteiger partial charge < -0.3 is 20.3 Å². The molecule has 0 bridgehead atoms. The summed E-state index contributed by atoms with van der Waals surface area (Å²) in [6, 6.07) is -0.124. The van der Waals surface area contributed by atoms with Crippen LogP contribution in [0.5, 0.6) is 0 Å². The quantitative estimate of drug-likeness (QED) is 0.396. The first-order valence-electron chi connectivity index (χ1n) is 15.0. The molecule has 2 unspecified atom stereocenters. The largest absolute Gasteiger partial charge is 0.471 e. The monoisotopic (exact) mass is 581 g/mol. The van der Waals surface area contributed by atoms with E-state index in [0.717, 1.165) is 57.8 Å². The number of nitriles is 1. The van der Waals surface area contributed by atoms with Gasteiger partial charge in [0.25, 0.3) is 0 Å². The van der Waals surface area contributed by atoms with Gasteiger partial charge >= 0.3 is 12.1 Å². The summed E-state index contributed by atoms with van der Waals surface area (Å²) in [5, 5.41) is 18.1. The average Bonchev–Trinajstić information content (AvgIpc) is 3.80. The number of alkyl halides is 3. The maximum absolute atomic E-state index is 13.9. The molecular weight excluding hydrogens is 539 g/mol. The highest BCUT2D eigenvalue weighted by molar-refractivity contribution is 5.90. The number of halogens is 3. The van der Waals surface area contributed by atoms with Crippen molar-refractivity contribution in [3.05, 3.63) is 0 Å². The lowest BCUT2D eigenvalue weighted by Crippen LogP contribution is -2.58. The molecule has 41 heavy (non-hydrogen) atoms. The minimum Gasteiger partial charge on any atom is -0.351 e. The number of carbonyl (C=O) groups is 3. The Hall–Kier alpha value is -2.39. The van der Waals surface area contributed by atoms with E-state index in [1.165, 1.54) is 0 Å². The molecule has 0 radical (unpaired) electrons. The van der Waals surface area contributed by atoms with Crippen LogP contribution in [0.3, 0.4) is 0 Å². The highest BCUT2D eigenvalue weighted by Crippen LogP contribution is 2.50. The summed E-state index contributed by atoms with van der Waals surface area (Å²) in [6.45, 7) is 5.31.